The highest BCUT2D eigenvalue weighted by Gasteiger charge is 2.24. The fraction of sp³-hybridized carbons (Fsp3) is 0.600. The molecule has 78 valence electrons. The maximum atomic E-state index is 11.0. The first-order valence-corrected chi connectivity index (χ1v) is 4.49. The third-order valence-corrected chi connectivity index (χ3v) is 2.00. The molecular weight excluding hydrogens is 182 g/mol. The first-order valence-electron chi connectivity index (χ1n) is 4.49. The lowest BCUT2D eigenvalue weighted by molar-refractivity contribution is -0.142. The molecule has 0 bridgehead atoms. The molecule has 0 saturated heterocycles. The molecule has 0 aliphatic heterocycles. The number of carbonyl (C=O) groups excluding carboxylic acids is 1. The molecule has 14 heavy (non-hydrogen) atoms. The van der Waals surface area contributed by atoms with Crippen molar-refractivity contribution in [2.45, 2.75) is 33.2 Å². The molecule has 0 spiro atoms. The molecule has 2 unspecified atom stereocenters. The maximum Gasteiger partial charge on any atom is 0.326 e. The summed E-state index contributed by atoms with van der Waals surface area (Å²) in [7, 11) is 0. The monoisotopic (exact) mass is 197 g/mol. The summed E-state index contributed by atoms with van der Waals surface area (Å²) in [6.07, 6.45) is 0.691. The van der Waals surface area contributed by atoms with Gasteiger partial charge in [-0.3, -0.25) is 4.79 Å². The standard InChI is InChI=1S/C10H15NO3/c1-4-6-8(12)11-9(10(13)14)7(3)5-2/h7,9H,5H2,1-3H3,(H,11,12)(H,13,14). The van der Waals surface area contributed by atoms with Gasteiger partial charge in [0.15, 0.2) is 0 Å². The molecule has 0 aromatic carbocycles. The van der Waals surface area contributed by atoms with Crippen LogP contribution in [0, 0.1) is 17.8 Å². The van der Waals surface area contributed by atoms with Gasteiger partial charge in [-0.25, -0.2) is 4.79 Å². The van der Waals surface area contributed by atoms with Crippen molar-refractivity contribution in [3.8, 4) is 11.8 Å². The number of nitrogens with one attached hydrogen (secondary N) is 1. The second kappa shape index (κ2) is 6.03. The number of amides is 1. The van der Waals surface area contributed by atoms with E-state index in [4.69, 9.17) is 5.11 Å². The highest BCUT2D eigenvalue weighted by atomic mass is 16.4. The molecule has 0 aliphatic rings. The Bertz CT molecular complexity index is 275. The van der Waals surface area contributed by atoms with Gasteiger partial charge in [0.2, 0.25) is 0 Å². The molecule has 4 nitrogen and oxygen atoms in total. The van der Waals surface area contributed by atoms with Gasteiger partial charge in [-0.1, -0.05) is 26.2 Å². The third-order valence-electron chi connectivity index (χ3n) is 2.00. The number of hydrogen-bond donors (Lipinski definition) is 2. The quantitative estimate of drug-likeness (QED) is 0.649. The Labute approximate surface area is 83.7 Å². The predicted octanol–water partition coefficient (Wildman–Crippen LogP) is 0.625. The SMILES string of the molecule is CC#CC(=O)NC(C(=O)O)C(C)CC. The van der Waals surface area contributed by atoms with E-state index in [1.807, 2.05) is 6.92 Å². The van der Waals surface area contributed by atoms with Gasteiger partial charge < -0.3 is 10.4 Å². The van der Waals surface area contributed by atoms with Gasteiger partial charge in [0.25, 0.3) is 5.91 Å². The highest BCUT2D eigenvalue weighted by Crippen LogP contribution is 2.07. The lowest BCUT2D eigenvalue weighted by atomic mass is 9.99. The van der Waals surface area contributed by atoms with Crippen molar-refractivity contribution in [1.29, 1.82) is 0 Å². The minimum absolute atomic E-state index is 0.102. The second-order valence-corrected chi connectivity index (χ2v) is 3.05. The zero-order valence-electron chi connectivity index (χ0n) is 8.63. The molecule has 0 aromatic heterocycles. The van der Waals surface area contributed by atoms with Gasteiger partial charge in [-0.05, 0) is 18.8 Å². The first kappa shape index (κ1) is 12.5. The smallest absolute Gasteiger partial charge is 0.326 e. The number of carbonyl (C=O) groups is 2. The van der Waals surface area contributed by atoms with E-state index in [0.29, 0.717) is 6.42 Å². The predicted molar refractivity (Wildman–Crippen MR) is 52.5 cm³/mol. The Morgan fingerprint density at radius 1 is 1.50 bits per heavy atom. The van der Waals surface area contributed by atoms with Crippen LogP contribution in [0.25, 0.3) is 0 Å². The highest BCUT2D eigenvalue weighted by molar-refractivity contribution is 5.95. The molecule has 1 amide bonds. The Morgan fingerprint density at radius 2 is 2.07 bits per heavy atom. The number of carboxylic acids is 1. The van der Waals surface area contributed by atoms with Crippen molar-refractivity contribution in [3.63, 3.8) is 0 Å². The van der Waals surface area contributed by atoms with E-state index in [9.17, 15) is 9.59 Å². The summed E-state index contributed by atoms with van der Waals surface area (Å²) in [4.78, 5) is 21.8. The number of rotatable bonds is 4. The number of carboxylic acid groups (broad SMARTS) is 1. The summed E-state index contributed by atoms with van der Waals surface area (Å²) in [5, 5.41) is 11.2. The van der Waals surface area contributed by atoms with E-state index < -0.39 is 17.9 Å². The zero-order valence-corrected chi connectivity index (χ0v) is 8.63. The average molecular weight is 197 g/mol. The molecule has 0 saturated carbocycles. The Morgan fingerprint density at radius 3 is 2.43 bits per heavy atom. The molecule has 0 heterocycles. The van der Waals surface area contributed by atoms with Crippen LogP contribution >= 0.6 is 0 Å². The lowest BCUT2D eigenvalue weighted by Gasteiger charge is -2.18. The van der Waals surface area contributed by atoms with Gasteiger partial charge in [0, 0.05) is 0 Å². The van der Waals surface area contributed by atoms with Crippen LogP contribution in [0.5, 0.6) is 0 Å². The van der Waals surface area contributed by atoms with E-state index in [1.54, 1.807) is 6.92 Å². The summed E-state index contributed by atoms with van der Waals surface area (Å²) < 4.78 is 0. The molecule has 0 fully saturated rings. The van der Waals surface area contributed by atoms with E-state index >= 15 is 0 Å². The topological polar surface area (TPSA) is 66.4 Å². The molecule has 2 N–H and O–H groups in total. The summed E-state index contributed by atoms with van der Waals surface area (Å²) in [5.41, 5.74) is 0. The largest absolute Gasteiger partial charge is 0.480 e. The molecule has 0 rings (SSSR count). The van der Waals surface area contributed by atoms with Crippen LogP contribution < -0.4 is 5.32 Å². The van der Waals surface area contributed by atoms with E-state index in [1.165, 1.54) is 6.92 Å². The van der Waals surface area contributed by atoms with Crippen molar-refractivity contribution in [2.75, 3.05) is 0 Å². The van der Waals surface area contributed by atoms with Crippen LogP contribution in [0.1, 0.15) is 27.2 Å². The summed E-state index contributed by atoms with van der Waals surface area (Å²) in [6, 6.07) is -0.853. The minimum Gasteiger partial charge on any atom is -0.480 e. The normalized spacial score (nSPS) is 13.4. The summed E-state index contributed by atoms with van der Waals surface area (Å²) >= 11 is 0. The molecule has 0 aromatic rings. The van der Waals surface area contributed by atoms with E-state index in [-0.39, 0.29) is 5.92 Å². The van der Waals surface area contributed by atoms with Crippen LogP contribution in [-0.4, -0.2) is 23.0 Å². The number of aliphatic carboxylic acids is 1. The average Bonchev–Trinajstić information content (AvgIpc) is 2.13. The molecule has 2 atom stereocenters. The Kier molecular flexibility index (Phi) is 5.38. The summed E-state index contributed by atoms with van der Waals surface area (Å²) in [5.74, 6) is 2.99. The summed E-state index contributed by atoms with van der Waals surface area (Å²) in [6.45, 7) is 5.18. The van der Waals surface area contributed by atoms with Crippen molar-refractivity contribution < 1.29 is 14.7 Å². The van der Waals surface area contributed by atoms with Crippen LogP contribution in [0.4, 0.5) is 0 Å². The molecular formula is C10H15NO3. The van der Waals surface area contributed by atoms with Gasteiger partial charge in [0.05, 0.1) is 0 Å². The van der Waals surface area contributed by atoms with Gasteiger partial charge >= 0.3 is 5.97 Å². The fourth-order valence-corrected chi connectivity index (χ4v) is 0.974. The van der Waals surface area contributed by atoms with Gasteiger partial charge in [-0.2, -0.15) is 0 Å². The van der Waals surface area contributed by atoms with Gasteiger partial charge in [0.1, 0.15) is 6.04 Å². The van der Waals surface area contributed by atoms with Crippen molar-refractivity contribution in [1.82, 2.24) is 5.32 Å². The van der Waals surface area contributed by atoms with Crippen LogP contribution in [0.3, 0.4) is 0 Å². The Balaban J connectivity index is 4.43. The number of hydrogen-bond acceptors (Lipinski definition) is 2. The fourth-order valence-electron chi connectivity index (χ4n) is 0.974. The van der Waals surface area contributed by atoms with Crippen LogP contribution in [0.15, 0.2) is 0 Å². The van der Waals surface area contributed by atoms with Crippen molar-refractivity contribution >= 4 is 11.9 Å². The minimum atomic E-state index is -1.02. The first-order chi connectivity index (χ1) is 6.52. The van der Waals surface area contributed by atoms with Crippen molar-refractivity contribution in [3.05, 3.63) is 0 Å². The lowest BCUT2D eigenvalue weighted by Crippen LogP contribution is -2.44. The molecule has 4 heteroatoms. The zero-order chi connectivity index (χ0) is 11.1. The second-order valence-electron chi connectivity index (χ2n) is 3.05. The molecule has 0 radical (unpaired) electrons. The van der Waals surface area contributed by atoms with Crippen LogP contribution in [0.2, 0.25) is 0 Å². The van der Waals surface area contributed by atoms with E-state index in [0.717, 1.165) is 0 Å². The maximum absolute atomic E-state index is 11.0. The van der Waals surface area contributed by atoms with Crippen LogP contribution in [-0.2, 0) is 9.59 Å². The van der Waals surface area contributed by atoms with Crippen molar-refractivity contribution in [2.24, 2.45) is 5.92 Å². The molecule has 0 aliphatic carbocycles. The van der Waals surface area contributed by atoms with E-state index in [2.05, 4.69) is 17.2 Å². The van der Waals surface area contributed by atoms with Gasteiger partial charge in [-0.15, -0.1) is 0 Å². The third kappa shape index (κ3) is 3.94. The Hall–Kier alpha value is -1.50.